The Kier molecular flexibility index (Phi) is 5.09. The molecule has 2 atom stereocenters. The first kappa shape index (κ1) is 17.9. The molecule has 1 fully saturated rings. The van der Waals surface area contributed by atoms with E-state index in [1.54, 1.807) is 11.3 Å². The van der Waals surface area contributed by atoms with E-state index < -0.39 is 0 Å². The molecule has 0 spiro atoms. The van der Waals surface area contributed by atoms with Gasteiger partial charge in [0.25, 0.3) is 5.91 Å². The quantitative estimate of drug-likeness (QED) is 0.902. The van der Waals surface area contributed by atoms with Crippen LogP contribution in [0.4, 0.5) is 0 Å². The molecule has 27 heavy (non-hydrogen) atoms. The van der Waals surface area contributed by atoms with Gasteiger partial charge in [0.15, 0.2) is 0 Å². The van der Waals surface area contributed by atoms with Gasteiger partial charge in [-0.05, 0) is 44.0 Å². The number of aliphatic hydroxyl groups excluding tert-OH is 1. The van der Waals surface area contributed by atoms with Gasteiger partial charge in [-0.25, -0.2) is 5.01 Å². The van der Waals surface area contributed by atoms with Gasteiger partial charge in [-0.1, -0.05) is 29.8 Å². The molecule has 6 nitrogen and oxygen atoms in total. The highest BCUT2D eigenvalue weighted by atomic mass is 16.3. The Morgan fingerprint density at radius 3 is 2.81 bits per heavy atom. The summed E-state index contributed by atoms with van der Waals surface area (Å²) >= 11 is 0. The Bertz CT molecular complexity index is 814. The van der Waals surface area contributed by atoms with E-state index in [1.165, 1.54) is 5.56 Å². The van der Waals surface area contributed by atoms with Crippen molar-refractivity contribution in [3.63, 3.8) is 0 Å². The molecular weight excluding hydrogens is 342 g/mol. The molecule has 142 valence electrons. The highest BCUT2D eigenvalue weighted by Gasteiger charge is 2.35. The summed E-state index contributed by atoms with van der Waals surface area (Å²) in [5.41, 5.74) is 3.11. The van der Waals surface area contributed by atoms with Crippen molar-refractivity contribution in [2.24, 2.45) is 5.10 Å². The number of aryl methyl sites for hydroxylation is 1. The summed E-state index contributed by atoms with van der Waals surface area (Å²) in [7, 11) is 0. The van der Waals surface area contributed by atoms with Crippen LogP contribution in [-0.4, -0.2) is 52.4 Å². The molecule has 1 saturated heterocycles. The Labute approximate surface area is 159 Å². The third-order valence-electron chi connectivity index (χ3n) is 5.26. The Morgan fingerprint density at radius 2 is 2.11 bits per heavy atom. The maximum Gasteiger partial charge on any atom is 0.257 e. The molecule has 0 aliphatic carbocycles. The average molecular weight is 367 g/mol. The maximum atomic E-state index is 13.0. The van der Waals surface area contributed by atoms with Gasteiger partial charge in [0.2, 0.25) is 0 Å². The van der Waals surface area contributed by atoms with E-state index in [9.17, 15) is 9.90 Å². The number of benzene rings is 1. The Balaban J connectivity index is 1.55. The third kappa shape index (κ3) is 3.96. The maximum absolute atomic E-state index is 13.0. The van der Waals surface area contributed by atoms with Crippen LogP contribution in [0.15, 0.2) is 52.2 Å². The van der Waals surface area contributed by atoms with E-state index >= 15 is 0 Å². The summed E-state index contributed by atoms with van der Waals surface area (Å²) in [5.74, 6) is 0.681. The molecule has 1 aromatic carbocycles. The summed E-state index contributed by atoms with van der Waals surface area (Å²) in [6.07, 6.45) is 3.62. The number of carbonyl (C=O) groups excluding carboxylic acids is 1. The number of likely N-dealkylation sites (tertiary alicyclic amines) is 1. The zero-order valence-electron chi connectivity index (χ0n) is 15.5. The van der Waals surface area contributed by atoms with E-state index in [0.717, 1.165) is 36.4 Å². The molecule has 2 aliphatic rings. The molecule has 3 heterocycles. The minimum atomic E-state index is -0.349. The van der Waals surface area contributed by atoms with Crippen LogP contribution >= 0.6 is 0 Å². The van der Waals surface area contributed by atoms with Crippen molar-refractivity contribution >= 4 is 11.6 Å². The Morgan fingerprint density at radius 1 is 1.30 bits per heavy atom. The van der Waals surface area contributed by atoms with Crippen molar-refractivity contribution in [2.45, 2.75) is 38.3 Å². The van der Waals surface area contributed by atoms with E-state index in [2.05, 4.69) is 24.2 Å². The summed E-state index contributed by atoms with van der Waals surface area (Å²) < 4.78 is 5.59. The van der Waals surface area contributed by atoms with Crippen LogP contribution < -0.4 is 0 Å². The molecule has 1 amide bonds. The third-order valence-corrected chi connectivity index (χ3v) is 5.26. The lowest BCUT2D eigenvalue weighted by atomic mass is 10.0. The van der Waals surface area contributed by atoms with Crippen molar-refractivity contribution < 1.29 is 14.3 Å². The number of amides is 1. The number of nitrogens with zero attached hydrogens (tertiary/aromatic N) is 3. The molecule has 1 N–H and O–H groups in total. The molecule has 2 unspecified atom stereocenters. The van der Waals surface area contributed by atoms with Gasteiger partial charge < -0.3 is 9.52 Å². The zero-order chi connectivity index (χ0) is 18.8. The van der Waals surface area contributed by atoms with Gasteiger partial charge >= 0.3 is 0 Å². The van der Waals surface area contributed by atoms with E-state index in [4.69, 9.17) is 4.42 Å². The lowest BCUT2D eigenvalue weighted by Crippen LogP contribution is -2.44. The van der Waals surface area contributed by atoms with Crippen LogP contribution in [0.5, 0.6) is 0 Å². The van der Waals surface area contributed by atoms with E-state index in [1.807, 2.05) is 29.2 Å². The van der Waals surface area contributed by atoms with Gasteiger partial charge in [0.05, 0.1) is 24.6 Å². The molecule has 1 aromatic heterocycles. The summed E-state index contributed by atoms with van der Waals surface area (Å²) in [6.45, 7) is 3.68. The predicted octanol–water partition coefficient (Wildman–Crippen LogP) is 2.72. The SMILES string of the molecule is Cc1ccc(C2=NN(C(=O)CN3CCCC(O)C3)C(c3ccco3)C2)cc1. The number of hydrogen-bond donors (Lipinski definition) is 1. The van der Waals surface area contributed by atoms with Crippen LogP contribution in [0.2, 0.25) is 0 Å². The summed E-state index contributed by atoms with van der Waals surface area (Å²) in [6, 6.07) is 11.7. The number of carbonyl (C=O) groups is 1. The predicted molar refractivity (Wildman–Crippen MR) is 102 cm³/mol. The minimum Gasteiger partial charge on any atom is -0.467 e. The van der Waals surface area contributed by atoms with Crippen LogP contribution in [0.1, 0.15) is 42.2 Å². The minimum absolute atomic E-state index is 0.0624. The fourth-order valence-corrected chi connectivity index (χ4v) is 3.80. The zero-order valence-corrected chi connectivity index (χ0v) is 15.5. The van der Waals surface area contributed by atoms with E-state index in [-0.39, 0.29) is 24.6 Å². The number of rotatable bonds is 4. The van der Waals surface area contributed by atoms with Gasteiger partial charge in [-0.3, -0.25) is 9.69 Å². The van der Waals surface area contributed by atoms with Crippen molar-refractivity contribution in [1.29, 1.82) is 0 Å². The van der Waals surface area contributed by atoms with Gasteiger partial charge in [0, 0.05) is 13.0 Å². The molecule has 0 saturated carbocycles. The fourth-order valence-electron chi connectivity index (χ4n) is 3.80. The smallest absolute Gasteiger partial charge is 0.257 e. The normalized spacial score (nSPS) is 23.5. The van der Waals surface area contributed by atoms with Crippen molar-refractivity contribution in [3.05, 3.63) is 59.5 Å². The highest BCUT2D eigenvalue weighted by Crippen LogP contribution is 2.33. The number of hydrazone groups is 1. The summed E-state index contributed by atoms with van der Waals surface area (Å²) in [4.78, 5) is 15.0. The number of piperidine rings is 1. The van der Waals surface area contributed by atoms with Crippen molar-refractivity contribution in [2.75, 3.05) is 19.6 Å². The highest BCUT2D eigenvalue weighted by molar-refractivity contribution is 6.03. The van der Waals surface area contributed by atoms with Gasteiger partial charge in [0.1, 0.15) is 11.8 Å². The van der Waals surface area contributed by atoms with Crippen molar-refractivity contribution in [3.8, 4) is 0 Å². The lowest BCUT2D eigenvalue weighted by Gasteiger charge is -2.31. The average Bonchev–Trinajstić information content (AvgIpc) is 3.32. The first-order chi connectivity index (χ1) is 13.1. The van der Waals surface area contributed by atoms with Gasteiger partial charge in [-0.2, -0.15) is 5.10 Å². The number of furan rings is 1. The first-order valence-corrected chi connectivity index (χ1v) is 9.50. The lowest BCUT2D eigenvalue weighted by molar-refractivity contribution is -0.135. The summed E-state index contributed by atoms with van der Waals surface area (Å²) in [5, 5.41) is 16.1. The molecule has 0 radical (unpaired) electrons. The molecule has 0 bridgehead atoms. The molecule has 2 aliphatic heterocycles. The largest absolute Gasteiger partial charge is 0.467 e. The fraction of sp³-hybridized carbons (Fsp3) is 0.429. The van der Waals surface area contributed by atoms with Crippen LogP contribution in [-0.2, 0) is 4.79 Å². The number of hydrogen-bond acceptors (Lipinski definition) is 5. The molecular formula is C21H25N3O3. The Hall–Kier alpha value is -2.44. The molecule has 2 aromatic rings. The standard InChI is InChI=1S/C21H25N3O3/c1-15-6-8-16(9-7-15)18-12-19(20-5-3-11-27-20)24(22-18)21(26)14-23-10-2-4-17(25)13-23/h3,5-9,11,17,19,25H,2,4,10,12-14H2,1H3. The molecule has 4 rings (SSSR count). The second-order valence-corrected chi connectivity index (χ2v) is 7.42. The second kappa shape index (κ2) is 7.66. The van der Waals surface area contributed by atoms with E-state index in [0.29, 0.717) is 13.0 Å². The van der Waals surface area contributed by atoms with Gasteiger partial charge in [-0.15, -0.1) is 0 Å². The molecule has 6 heteroatoms. The van der Waals surface area contributed by atoms with Crippen molar-refractivity contribution in [1.82, 2.24) is 9.91 Å². The van der Waals surface area contributed by atoms with Crippen LogP contribution in [0.25, 0.3) is 0 Å². The van der Waals surface area contributed by atoms with Crippen LogP contribution in [0.3, 0.4) is 0 Å². The first-order valence-electron chi connectivity index (χ1n) is 9.50. The number of aliphatic hydroxyl groups is 1. The van der Waals surface area contributed by atoms with Crippen LogP contribution in [0, 0.1) is 6.92 Å². The topological polar surface area (TPSA) is 69.3 Å². The number of β-amino-alcohol motifs (C(OH)–C–C–N with tert-alkyl or cyclic N) is 1. The monoisotopic (exact) mass is 367 g/mol. The second-order valence-electron chi connectivity index (χ2n) is 7.42.